The zero-order valence-corrected chi connectivity index (χ0v) is 19.1. The van der Waals surface area contributed by atoms with Crippen LogP contribution in [0.25, 0.3) is 0 Å². The van der Waals surface area contributed by atoms with Gasteiger partial charge in [-0.3, -0.25) is 9.68 Å². The van der Waals surface area contributed by atoms with Crippen LogP contribution in [-0.2, 0) is 9.68 Å². The van der Waals surface area contributed by atoms with E-state index in [4.69, 9.17) is 9.68 Å². The molecule has 0 amide bonds. The van der Waals surface area contributed by atoms with Crippen molar-refractivity contribution in [3.05, 3.63) is 0 Å². The maximum absolute atomic E-state index is 6.09. The second kappa shape index (κ2) is 7.35. The summed E-state index contributed by atoms with van der Waals surface area (Å²) >= 11 is 0. The summed E-state index contributed by atoms with van der Waals surface area (Å²) in [5.41, 5.74) is 0.253. The van der Waals surface area contributed by atoms with E-state index >= 15 is 0 Å². The molecule has 2 aliphatic heterocycles. The van der Waals surface area contributed by atoms with Crippen molar-refractivity contribution in [1.29, 1.82) is 0 Å². The fraction of sp³-hybridized carbons (Fsp3) is 1.00. The van der Waals surface area contributed by atoms with Crippen molar-refractivity contribution in [1.82, 2.24) is 10.1 Å². The van der Waals surface area contributed by atoms with E-state index in [0.717, 1.165) is 25.0 Å². The molecule has 2 fully saturated rings. The first-order valence-corrected chi connectivity index (χ1v) is 10.6. The van der Waals surface area contributed by atoms with Crippen molar-refractivity contribution in [2.75, 3.05) is 13.2 Å². The largest absolute Gasteiger partial charge is 0.298 e. The molecule has 0 radical (unpaired) electrons. The number of hydroxylamine groups is 4. The third-order valence-electron chi connectivity index (χ3n) is 6.43. The predicted molar refractivity (Wildman–Crippen MR) is 109 cm³/mol. The lowest BCUT2D eigenvalue weighted by atomic mass is 9.63. The molecule has 0 N–H and O–H groups in total. The molecular formula is C22H44N2O2. The normalized spacial score (nSPS) is 29.8. The van der Waals surface area contributed by atoms with Crippen molar-refractivity contribution in [2.24, 2.45) is 11.8 Å². The van der Waals surface area contributed by atoms with Gasteiger partial charge in [-0.1, -0.05) is 0 Å². The summed E-state index contributed by atoms with van der Waals surface area (Å²) in [6.07, 6.45) is 4.79. The maximum atomic E-state index is 6.09. The third-order valence-corrected chi connectivity index (χ3v) is 6.43. The first-order chi connectivity index (χ1) is 11.8. The highest BCUT2D eigenvalue weighted by atomic mass is 16.7. The Morgan fingerprint density at radius 2 is 0.808 bits per heavy atom. The SMILES string of the molecule is CCON1C(C)(C)CC(C2CC(C)(C)N(OCC)C(C)(C)C2)CC1(C)C. The van der Waals surface area contributed by atoms with Crippen LogP contribution in [0.3, 0.4) is 0 Å². The van der Waals surface area contributed by atoms with Gasteiger partial charge in [0.1, 0.15) is 0 Å². The minimum atomic E-state index is 0.0633. The first kappa shape index (κ1) is 22.1. The van der Waals surface area contributed by atoms with Gasteiger partial charge in [0.05, 0.1) is 13.2 Å². The Morgan fingerprint density at radius 1 is 0.577 bits per heavy atom. The van der Waals surface area contributed by atoms with E-state index in [9.17, 15) is 0 Å². The highest BCUT2D eigenvalue weighted by molar-refractivity contribution is 5.03. The molecule has 0 aliphatic carbocycles. The zero-order valence-electron chi connectivity index (χ0n) is 19.1. The van der Waals surface area contributed by atoms with Gasteiger partial charge >= 0.3 is 0 Å². The number of nitrogens with zero attached hydrogens (tertiary/aromatic N) is 2. The standard InChI is InChI=1S/C22H44N2O2/c1-11-25-23-19(3,4)13-17(14-20(23,5)6)18-15-21(7,8)24(26-12-2)22(9,10)16-18/h17-18H,11-16H2,1-10H3. The first-order valence-electron chi connectivity index (χ1n) is 10.6. The minimum absolute atomic E-state index is 0.0633. The van der Waals surface area contributed by atoms with E-state index in [0.29, 0.717) is 0 Å². The average molecular weight is 369 g/mol. The van der Waals surface area contributed by atoms with Crippen LogP contribution in [0.4, 0.5) is 0 Å². The van der Waals surface area contributed by atoms with Crippen LogP contribution < -0.4 is 0 Å². The van der Waals surface area contributed by atoms with Crippen molar-refractivity contribution < 1.29 is 9.68 Å². The second-order valence-electron chi connectivity index (χ2n) is 11.0. The molecule has 2 heterocycles. The molecule has 2 rings (SSSR count). The summed E-state index contributed by atoms with van der Waals surface area (Å²) < 4.78 is 0. The Balaban J connectivity index is 2.24. The Kier molecular flexibility index (Phi) is 6.25. The maximum Gasteiger partial charge on any atom is 0.0657 e. The van der Waals surface area contributed by atoms with Crippen LogP contribution in [0.1, 0.15) is 94.9 Å². The lowest BCUT2D eigenvalue weighted by molar-refractivity contribution is -0.303. The molecule has 26 heavy (non-hydrogen) atoms. The fourth-order valence-corrected chi connectivity index (χ4v) is 6.31. The predicted octanol–water partition coefficient (Wildman–Crippen LogP) is 5.43. The van der Waals surface area contributed by atoms with Crippen LogP contribution in [0.5, 0.6) is 0 Å². The van der Waals surface area contributed by atoms with Crippen LogP contribution in [0.15, 0.2) is 0 Å². The molecule has 2 saturated heterocycles. The molecule has 154 valence electrons. The second-order valence-corrected chi connectivity index (χ2v) is 11.0. The Hall–Kier alpha value is -0.160. The summed E-state index contributed by atoms with van der Waals surface area (Å²) in [4.78, 5) is 12.2. The highest BCUT2D eigenvalue weighted by Gasteiger charge is 2.53. The molecule has 0 unspecified atom stereocenters. The monoisotopic (exact) mass is 368 g/mol. The van der Waals surface area contributed by atoms with Crippen molar-refractivity contribution in [3.8, 4) is 0 Å². The molecule has 2 aliphatic rings. The number of piperidine rings is 2. The van der Waals surface area contributed by atoms with Gasteiger partial charge in [0.15, 0.2) is 0 Å². The Labute approximate surface area is 162 Å². The molecular weight excluding hydrogens is 324 g/mol. The molecule has 0 atom stereocenters. The average Bonchev–Trinajstić information content (AvgIpc) is 2.45. The number of hydrogen-bond donors (Lipinski definition) is 0. The van der Waals surface area contributed by atoms with Crippen molar-refractivity contribution in [3.63, 3.8) is 0 Å². The fourth-order valence-electron chi connectivity index (χ4n) is 6.31. The summed E-state index contributed by atoms with van der Waals surface area (Å²) in [6.45, 7) is 24.5. The lowest BCUT2D eigenvalue weighted by Crippen LogP contribution is -2.64. The Morgan fingerprint density at radius 3 is 1.00 bits per heavy atom. The van der Waals surface area contributed by atoms with Crippen LogP contribution in [0, 0.1) is 11.8 Å². The molecule has 0 bridgehead atoms. The van der Waals surface area contributed by atoms with Gasteiger partial charge in [0, 0.05) is 22.2 Å². The molecule has 0 aromatic heterocycles. The lowest BCUT2D eigenvalue weighted by Gasteiger charge is -2.59. The van der Waals surface area contributed by atoms with Gasteiger partial charge in [-0.15, -0.1) is 0 Å². The minimum Gasteiger partial charge on any atom is -0.298 e. The van der Waals surface area contributed by atoms with E-state index in [1.54, 1.807) is 0 Å². The molecule has 0 aromatic rings. The summed E-state index contributed by atoms with van der Waals surface area (Å²) in [5, 5.41) is 4.56. The smallest absolute Gasteiger partial charge is 0.0657 e. The van der Waals surface area contributed by atoms with Gasteiger partial charge in [-0.05, 0) is 107 Å². The summed E-state index contributed by atoms with van der Waals surface area (Å²) in [7, 11) is 0. The van der Waals surface area contributed by atoms with E-state index < -0.39 is 0 Å². The third kappa shape index (κ3) is 4.29. The molecule has 0 saturated carbocycles. The van der Waals surface area contributed by atoms with E-state index in [2.05, 4.69) is 79.4 Å². The van der Waals surface area contributed by atoms with Gasteiger partial charge in [0.2, 0.25) is 0 Å². The Bertz CT molecular complexity index is 405. The number of rotatable bonds is 5. The summed E-state index contributed by atoms with van der Waals surface area (Å²) in [6, 6.07) is 0. The molecule has 0 spiro atoms. The number of hydrogen-bond acceptors (Lipinski definition) is 4. The van der Waals surface area contributed by atoms with Gasteiger partial charge in [-0.2, -0.15) is 10.1 Å². The van der Waals surface area contributed by atoms with Crippen molar-refractivity contribution >= 4 is 0 Å². The van der Waals surface area contributed by atoms with E-state index in [-0.39, 0.29) is 22.2 Å². The van der Waals surface area contributed by atoms with Gasteiger partial charge in [-0.25, -0.2) is 0 Å². The summed E-state index contributed by atoms with van der Waals surface area (Å²) in [5.74, 6) is 1.44. The molecule has 0 aromatic carbocycles. The molecule has 4 heteroatoms. The van der Waals surface area contributed by atoms with E-state index in [1.165, 1.54) is 25.7 Å². The van der Waals surface area contributed by atoms with Gasteiger partial charge in [0.25, 0.3) is 0 Å². The quantitative estimate of drug-likeness (QED) is 0.646. The van der Waals surface area contributed by atoms with Crippen LogP contribution in [-0.4, -0.2) is 45.5 Å². The molecule has 4 nitrogen and oxygen atoms in total. The van der Waals surface area contributed by atoms with Crippen LogP contribution in [0.2, 0.25) is 0 Å². The van der Waals surface area contributed by atoms with Crippen LogP contribution >= 0.6 is 0 Å². The van der Waals surface area contributed by atoms with Crippen molar-refractivity contribution in [2.45, 2.75) is 117 Å². The topological polar surface area (TPSA) is 24.9 Å². The van der Waals surface area contributed by atoms with E-state index in [1.807, 2.05) is 0 Å². The van der Waals surface area contributed by atoms with Gasteiger partial charge < -0.3 is 0 Å². The zero-order chi connectivity index (χ0) is 20.0. The highest BCUT2D eigenvalue weighted by Crippen LogP contribution is 2.51.